The molecule has 1 aromatic carbocycles. The predicted molar refractivity (Wildman–Crippen MR) is 41.9 cm³/mol. The van der Waals surface area contributed by atoms with Crippen LogP contribution in [0.2, 0.25) is 0 Å². The summed E-state index contributed by atoms with van der Waals surface area (Å²) in [7, 11) is 0. The van der Waals surface area contributed by atoms with Crippen molar-refractivity contribution in [3.05, 3.63) is 37.3 Å². The Kier molecular flexibility index (Phi) is 6.89. The molecule has 0 N–H and O–H groups in total. The van der Waals surface area contributed by atoms with Gasteiger partial charge in [-0.1, -0.05) is 18.2 Å². The molecular weight excluding hydrogens is 213 g/mol. The van der Waals surface area contributed by atoms with E-state index in [0.717, 1.165) is 12.2 Å². The molecule has 1 radical (unpaired) electrons. The molecule has 0 aliphatic carbocycles. The average Bonchev–Trinajstić information content (AvgIpc) is 2.03. The van der Waals surface area contributed by atoms with Gasteiger partial charge in [0.25, 0.3) is 0 Å². The Labute approximate surface area is 93.0 Å². The van der Waals surface area contributed by atoms with Crippen molar-refractivity contribution in [2.24, 2.45) is 0 Å². The first-order chi connectivity index (χ1) is 4.93. The summed E-state index contributed by atoms with van der Waals surface area (Å²) in [5, 5.41) is 0. The van der Waals surface area contributed by atoms with Crippen molar-refractivity contribution in [2.45, 2.75) is 6.42 Å². The predicted octanol–water partition coefficient (Wildman–Crippen LogP) is 2.29. The monoisotopic (exact) mass is 224 g/mol. The van der Waals surface area contributed by atoms with E-state index >= 15 is 0 Å². The topological polar surface area (TPSA) is 9.23 Å². The van der Waals surface area contributed by atoms with Crippen LogP contribution in [-0.2, 0) is 32.7 Å². The first kappa shape index (κ1) is 11.1. The van der Waals surface area contributed by atoms with Crippen LogP contribution in [0.15, 0.2) is 30.3 Å². The second-order valence-corrected chi connectivity index (χ2v) is 2.02. The van der Waals surface area contributed by atoms with Gasteiger partial charge in [-0.2, -0.15) is 0 Å². The van der Waals surface area contributed by atoms with Crippen molar-refractivity contribution in [2.75, 3.05) is 6.61 Å². The van der Waals surface area contributed by atoms with Crippen LogP contribution in [0.4, 0.5) is 0 Å². The van der Waals surface area contributed by atoms with Gasteiger partial charge in [0.15, 0.2) is 0 Å². The molecule has 0 saturated carbocycles. The van der Waals surface area contributed by atoms with Gasteiger partial charge >= 0.3 is 0 Å². The molecule has 2 heteroatoms. The number of para-hydroxylation sites is 1. The van der Waals surface area contributed by atoms with Crippen molar-refractivity contribution in [3.8, 4) is 5.75 Å². The summed E-state index contributed by atoms with van der Waals surface area (Å²) in [5.74, 6) is 0.922. The molecule has 1 aromatic rings. The first-order valence-corrected chi connectivity index (χ1v) is 3.40. The van der Waals surface area contributed by atoms with Gasteiger partial charge in [0.2, 0.25) is 0 Å². The second kappa shape index (κ2) is 6.81. The molecule has 0 fully saturated rings. The maximum absolute atomic E-state index is 5.29. The largest absolute Gasteiger partial charge is 0.496 e. The van der Waals surface area contributed by atoms with Gasteiger partial charge in [0, 0.05) is 32.7 Å². The Hall–Kier alpha value is 0.124. The minimum Gasteiger partial charge on any atom is -0.496 e. The third kappa shape index (κ3) is 4.55. The fraction of sp³-hybridized carbons (Fsp3) is 0.222. The van der Waals surface area contributed by atoms with E-state index in [4.69, 9.17) is 4.74 Å². The fourth-order valence-electron chi connectivity index (χ4n) is 0.707. The van der Waals surface area contributed by atoms with Crippen LogP contribution in [0.5, 0.6) is 5.75 Å². The van der Waals surface area contributed by atoms with E-state index in [2.05, 4.69) is 6.92 Å². The molecule has 0 bridgehead atoms. The molecule has 11 heavy (non-hydrogen) atoms. The van der Waals surface area contributed by atoms with Gasteiger partial charge in [-0.15, -0.1) is 6.42 Å². The van der Waals surface area contributed by atoms with Crippen LogP contribution in [0, 0.1) is 6.92 Å². The zero-order chi connectivity index (χ0) is 7.23. The van der Waals surface area contributed by atoms with Crippen LogP contribution in [0.1, 0.15) is 6.42 Å². The van der Waals surface area contributed by atoms with Crippen LogP contribution in [0.25, 0.3) is 0 Å². The number of ether oxygens (including phenoxy) is 1. The van der Waals surface area contributed by atoms with Crippen LogP contribution in [0.3, 0.4) is 0 Å². The van der Waals surface area contributed by atoms with E-state index in [9.17, 15) is 0 Å². The van der Waals surface area contributed by atoms with Crippen LogP contribution < -0.4 is 4.74 Å². The normalized spacial score (nSPS) is 8.45. The van der Waals surface area contributed by atoms with E-state index in [-0.39, 0.29) is 32.7 Å². The molecule has 0 amide bonds. The Bertz CT molecular complexity index is 174. The van der Waals surface area contributed by atoms with Gasteiger partial charge in [-0.25, -0.2) is 0 Å². The van der Waals surface area contributed by atoms with E-state index in [0.29, 0.717) is 6.61 Å². The second-order valence-electron chi connectivity index (χ2n) is 2.02. The van der Waals surface area contributed by atoms with Gasteiger partial charge in [0.1, 0.15) is 5.75 Å². The van der Waals surface area contributed by atoms with Crippen molar-refractivity contribution in [1.29, 1.82) is 0 Å². The van der Waals surface area contributed by atoms with E-state index in [1.807, 2.05) is 30.3 Å². The minimum absolute atomic E-state index is 0. The smallest absolute Gasteiger partial charge is 0.119 e. The van der Waals surface area contributed by atoms with Gasteiger partial charge in [-0.3, -0.25) is 0 Å². The third-order valence-corrected chi connectivity index (χ3v) is 1.16. The number of benzene rings is 1. The zero-order valence-corrected chi connectivity index (χ0v) is 9.33. The van der Waals surface area contributed by atoms with Crippen LogP contribution >= 0.6 is 0 Å². The van der Waals surface area contributed by atoms with Gasteiger partial charge in [-0.05, 0) is 12.1 Å². The standard InChI is InChI=1S/C9H11O.Y/c1-2-8-10-9-6-4-3-5-7-9;/h3-7H,1-2,8H2;/q-1;. The van der Waals surface area contributed by atoms with E-state index in [1.165, 1.54) is 0 Å². The fourth-order valence-corrected chi connectivity index (χ4v) is 0.707. The zero-order valence-electron chi connectivity index (χ0n) is 6.49. The molecule has 0 atom stereocenters. The minimum atomic E-state index is 0. The Morgan fingerprint density at radius 3 is 2.36 bits per heavy atom. The number of rotatable bonds is 3. The maximum Gasteiger partial charge on any atom is 0.119 e. The Balaban J connectivity index is 0.000001000. The molecule has 1 nitrogen and oxygen atoms in total. The maximum atomic E-state index is 5.29. The average molecular weight is 224 g/mol. The molecule has 1 rings (SSSR count). The third-order valence-electron chi connectivity index (χ3n) is 1.16. The summed E-state index contributed by atoms with van der Waals surface area (Å²) in [6.45, 7) is 4.37. The molecule has 57 valence electrons. The van der Waals surface area contributed by atoms with Gasteiger partial charge < -0.3 is 11.7 Å². The first-order valence-electron chi connectivity index (χ1n) is 3.40. The van der Waals surface area contributed by atoms with Crippen molar-refractivity contribution in [1.82, 2.24) is 0 Å². The Morgan fingerprint density at radius 1 is 1.18 bits per heavy atom. The Morgan fingerprint density at radius 2 is 1.82 bits per heavy atom. The van der Waals surface area contributed by atoms with Crippen molar-refractivity contribution < 1.29 is 37.4 Å². The quantitative estimate of drug-likeness (QED) is 0.715. The summed E-state index contributed by atoms with van der Waals surface area (Å²) in [5.41, 5.74) is 0. The summed E-state index contributed by atoms with van der Waals surface area (Å²) in [4.78, 5) is 0. The molecule has 0 spiro atoms. The van der Waals surface area contributed by atoms with Gasteiger partial charge in [0.05, 0.1) is 6.61 Å². The summed E-state index contributed by atoms with van der Waals surface area (Å²) in [6.07, 6.45) is 0.814. The molecule has 0 saturated heterocycles. The van der Waals surface area contributed by atoms with Crippen LogP contribution in [-0.4, -0.2) is 6.61 Å². The summed E-state index contributed by atoms with van der Waals surface area (Å²) >= 11 is 0. The number of hydrogen-bond donors (Lipinski definition) is 0. The van der Waals surface area contributed by atoms with Crippen molar-refractivity contribution >= 4 is 0 Å². The van der Waals surface area contributed by atoms with E-state index in [1.54, 1.807) is 0 Å². The molecule has 0 unspecified atom stereocenters. The van der Waals surface area contributed by atoms with E-state index < -0.39 is 0 Å². The van der Waals surface area contributed by atoms with Crippen molar-refractivity contribution in [3.63, 3.8) is 0 Å². The molecule has 0 heterocycles. The molecule has 0 aliphatic heterocycles. The summed E-state index contributed by atoms with van der Waals surface area (Å²) < 4.78 is 5.29. The summed E-state index contributed by atoms with van der Waals surface area (Å²) in [6, 6.07) is 9.76. The SMILES string of the molecule is [CH2-]CCOc1ccccc1.[Y]. The molecule has 0 aromatic heterocycles. The number of hydrogen-bond acceptors (Lipinski definition) is 1. The molecular formula is C9H11OY-. The molecule has 0 aliphatic rings.